The molecule has 0 spiro atoms. The normalized spacial score (nSPS) is 14.7. The van der Waals surface area contributed by atoms with Gasteiger partial charge < -0.3 is 14.5 Å². The summed E-state index contributed by atoms with van der Waals surface area (Å²) in [7, 11) is 1.62. The summed E-state index contributed by atoms with van der Waals surface area (Å²) in [6, 6.07) is 8.46. The molecular formula is C19H20BrN5O. The number of fused-ring (bicyclic) bond motifs is 1. The maximum Gasteiger partial charge on any atom is 0.232 e. The largest absolute Gasteiger partial charge is 0.480 e. The van der Waals surface area contributed by atoms with Gasteiger partial charge in [-0.25, -0.2) is 4.98 Å². The second-order valence-corrected chi connectivity index (χ2v) is 7.16. The highest BCUT2D eigenvalue weighted by atomic mass is 79.9. The van der Waals surface area contributed by atoms with Gasteiger partial charge in [-0.1, -0.05) is 18.2 Å². The number of para-hydroxylation sites is 1. The van der Waals surface area contributed by atoms with Crippen LogP contribution in [0.3, 0.4) is 0 Å². The topological polar surface area (TPSA) is 54.4 Å². The van der Waals surface area contributed by atoms with Crippen LogP contribution in [-0.4, -0.2) is 48.2 Å². The monoisotopic (exact) mass is 413 g/mol. The van der Waals surface area contributed by atoms with Crippen molar-refractivity contribution in [3.63, 3.8) is 0 Å². The van der Waals surface area contributed by atoms with E-state index >= 15 is 0 Å². The minimum atomic E-state index is 0.563. The fourth-order valence-electron chi connectivity index (χ4n) is 3.37. The van der Waals surface area contributed by atoms with Gasteiger partial charge in [-0.15, -0.1) is 0 Å². The van der Waals surface area contributed by atoms with Gasteiger partial charge in [-0.2, -0.15) is 4.98 Å². The third-order valence-electron chi connectivity index (χ3n) is 4.75. The molecule has 1 aliphatic rings. The summed E-state index contributed by atoms with van der Waals surface area (Å²) in [5, 5.41) is 1.21. The van der Waals surface area contributed by atoms with E-state index in [4.69, 9.17) is 4.74 Å². The molecule has 26 heavy (non-hydrogen) atoms. The average Bonchev–Trinajstić information content (AvgIpc) is 2.68. The van der Waals surface area contributed by atoms with Crippen LogP contribution in [-0.2, 0) is 0 Å². The van der Waals surface area contributed by atoms with Gasteiger partial charge in [-0.3, -0.25) is 4.98 Å². The smallest absolute Gasteiger partial charge is 0.232 e. The van der Waals surface area contributed by atoms with Gasteiger partial charge in [0.15, 0.2) is 0 Å². The molecule has 1 fully saturated rings. The van der Waals surface area contributed by atoms with Gasteiger partial charge in [0, 0.05) is 43.4 Å². The highest BCUT2D eigenvalue weighted by molar-refractivity contribution is 9.10. The Balaban J connectivity index is 1.55. The number of benzene rings is 1. The summed E-state index contributed by atoms with van der Waals surface area (Å²) in [5.41, 5.74) is 3.53. The third kappa shape index (κ3) is 3.07. The van der Waals surface area contributed by atoms with E-state index in [9.17, 15) is 0 Å². The summed E-state index contributed by atoms with van der Waals surface area (Å²) in [6.45, 7) is 5.65. The first-order valence-electron chi connectivity index (χ1n) is 8.58. The third-order valence-corrected chi connectivity index (χ3v) is 5.29. The van der Waals surface area contributed by atoms with Crippen molar-refractivity contribution in [2.45, 2.75) is 6.92 Å². The van der Waals surface area contributed by atoms with Gasteiger partial charge in [0.05, 0.1) is 23.3 Å². The molecule has 0 atom stereocenters. The molecule has 0 saturated carbocycles. The fraction of sp³-hybridized carbons (Fsp3) is 0.316. The highest BCUT2D eigenvalue weighted by Crippen LogP contribution is 2.29. The van der Waals surface area contributed by atoms with Crippen molar-refractivity contribution in [2.24, 2.45) is 0 Å². The molecule has 1 aliphatic heterocycles. The van der Waals surface area contributed by atoms with Crippen molar-refractivity contribution in [3.8, 4) is 5.88 Å². The van der Waals surface area contributed by atoms with Crippen LogP contribution in [0, 0.1) is 6.92 Å². The molecule has 1 aromatic carbocycles. The zero-order chi connectivity index (χ0) is 18.1. The minimum absolute atomic E-state index is 0.563. The zero-order valence-corrected chi connectivity index (χ0v) is 16.4. The first-order valence-corrected chi connectivity index (χ1v) is 9.37. The molecule has 0 amide bonds. The summed E-state index contributed by atoms with van der Waals surface area (Å²) in [5.74, 6) is 1.27. The van der Waals surface area contributed by atoms with Crippen molar-refractivity contribution in [3.05, 3.63) is 46.7 Å². The minimum Gasteiger partial charge on any atom is -0.480 e. The van der Waals surface area contributed by atoms with Crippen LogP contribution in [0.5, 0.6) is 5.88 Å². The lowest BCUT2D eigenvalue weighted by Crippen LogP contribution is -2.47. The van der Waals surface area contributed by atoms with E-state index in [1.807, 2.05) is 6.20 Å². The summed E-state index contributed by atoms with van der Waals surface area (Å²) < 4.78 is 6.05. The number of aryl methyl sites for hydroxylation is 1. The van der Waals surface area contributed by atoms with Crippen LogP contribution in [0.2, 0.25) is 0 Å². The number of pyridine rings is 1. The number of hydrogen-bond acceptors (Lipinski definition) is 6. The number of anilines is 2. The number of halogens is 1. The predicted molar refractivity (Wildman–Crippen MR) is 107 cm³/mol. The van der Waals surface area contributed by atoms with Gasteiger partial charge in [0.2, 0.25) is 11.8 Å². The van der Waals surface area contributed by atoms with Gasteiger partial charge in [-0.05, 0) is 34.5 Å². The van der Waals surface area contributed by atoms with E-state index in [1.165, 1.54) is 16.6 Å². The lowest BCUT2D eigenvalue weighted by atomic mass is 10.1. The molecule has 0 radical (unpaired) electrons. The number of rotatable bonds is 3. The Kier molecular flexibility index (Phi) is 4.63. The van der Waals surface area contributed by atoms with Crippen LogP contribution in [0.4, 0.5) is 11.6 Å². The van der Waals surface area contributed by atoms with E-state index < -0.39 is 0 Å². The quantitative estimate of drug-likeness (QED) is 0.655. The Bertz CT molecular complexity index is 940. The molecule has 0 unspecified atom stereocenters. The van der Waals surface area contributed by atoms with E-state index in [0.717, 1.165) is 36.2 Å². The second kappa shape index (κ2) is 7.07. The molecular weight excluding hydrogens is 394 g/mol. The summed E-state index contributed by atoms with van der Waals surface area (Å²) in [6.07, 6.45) is 3.65. The van der Waals surface area contributed by atoms with Gasteiger partial charge in [0.25, 0.3) is 0 Å². The first kappa shape index (κ1) is 17.0. The van der Waals surface area contributed by atoms with E-state index in [0.29, 0.717) is 11.8 Å². The number of nitrogens with zero attached hydrogens (tertiary/aromatic N) is 5. The van der Waals surface area contributed by atoms with Crippen LogP contribution in [0.15, 0.2) is 41.1 Å². The van der Waals surface area contributed by atoms with Crippen molar-refractivity contribution in [1.82, 2.24) is 15.0 Å². The molecule has 0 N–H and O–H groups in total. The van der Waals surface area contributed by atoms with Crippen molar-refractivity contribution in [2.75, 3.05) is 43.1 Å². The number of piperazine rings is 1. The molecule has 3 aromatic rings. The Morgan fingerprint density at radius 1 is 1.04 bits per heavy atom. The second-order valence-electron chi connectivity index (χ2n) is 6.30. The van der Waals surface area contributed by atoms with Crippen molar-refractivity contribution >= 4 is 38.5 Å². The fourth-order valence-corrected chi connectivity index (χ4v) is 3.72. The summed E-state index contributed by atoms with van der Waals surface area (Å²) >= 11 is 3.40. The Labute approximate surface area is 161 Å². The SMILES string of the molecule is COc1nc(N2CCN(c3ccnc4c(C)cccc34)CC2)ncc1Br. The molecule has 0 bridgehead atoms. The Morgan fingerprint density at radius 2 is 1.81 bits per heavy atom. The van der Waals surface area contributed by atoms with Crippen LogP contribution in [0.25, 0.3) is 10.9 Å². The molecule has 7 heteroatoms. The predicted octanol–water partition coefficient (Wildman–Crippen LogP) is 3.43. The number of methoxy groups -OCH3 is 1. The van der Waals surface area contributed by atoms with Gasteiger partial charge >= 0.3 is 0 Å². The molecule has 0 aliphatic carbocycles. The summed E-state index contributed by atoms with van der Waals surface area (Å²) in [4.78, 5) is 18.1. The molecule has 3 heterocycles. The van der Waals surface area contributed by atoms with Crippen molar-refractivity contribution < 1.29 is 4.74 Å². The van der Waals surface area contributed by atoms with Crippen molar-refractivity contribution in [1.29, 1.82) is 0 Å². The maximum atomic E-state index is 5.28. The zero-order valence-electron chi connectivity index (χ0n) is 14.8. The van der Waals surface area contributed by atoms with E-state index in [2.05, 4.69) is 71.9 Å². The molecule has 1 saturated heterocycles. The average molecular weight is 414 g/mol. The van der Waals surface area contributed by atoms with Gasteiger partial charge in [0.1, 0.15) is 0 Å². The molecule has 2 aromatic heterocycles. The molecule has 4 rings (SSSR count). The lowest BCUT2D eigenvalue weighted by Gasteiger charge is -2.36. The first-order chi connectivity index (χ1) is 12.7. The standard InChI is InChI=1S/C19H20BrN5O/c1-13-4-3-5-14-16(6-7-21-17(13)14)24-8-10-25(11-9-24)19-22-12-15(20)18(23-19)26-2/h3-7,12H,8-11H2,1-2H3. The number of aromatic nitrogens is 3. The molecule has 134 valence electrons. The number of hydrogen-bond donors (Lipinski definition) is 0. The maximum absolute atomic E-state index is 5.28. The van der Waals surface area contributed by atoms with Crippen LogP contribution < -0.4 is 14.5 Å². The van der Waals surface area contributed by atoms with Crippen LogP contribution in [0.1, 0.15) is 5.56 Å². The van der Waals surface area contributed by atoms with E-state index in [1.54, 1.807) is 13.3 Å². The lowest BCUT2D eigenvalue weighted by molar-refractivity contribution is 0.393. The Hall–Kier alpha value is -2.41. The van der Waals surface area contributed by atoms with Crippen LogP contribution >= 0.6 is 15.9 Å². The highest BCUT2D eigenvalue weighted by Gasteiger charge is 2.21. The number of ether oxygens (including phenoxy) is 1. The van der Waals surface area contributed by atoms with E-state index in [-0.39, 0.29) is 0 Å². The Morgan fingerprint density at radius 3 is 2.58 bits per heavy atom. The molecule has 6 nitrogen and oxygen atoms in total.